The van der Waals surface area contributed by atoms with E-state index in [0.29, 0.717) is 48.8 Å². The summed E-state index contributed by atoms with van der Waals surface area (Å²) >= 11 is 16.8. The van der Waals surface area contributed by atoms with E-state index in [1.807, 2.05) is 111 Å². The Morgan fingerprint density at radius 3 is 1.32 bits per heavy atom. The van der Waals surface area contributed by atoms with E-state index < -0.39 is 27.3 Å². The molecule has 2 atom stereocenters. The third-order valence-corrected chi connectivity index (χ3v) is 16.6. The second-order valence-electron chi connectivity index (χ2n) is 21.9. The molecule has 0 aliphatic rings. The molecular weight excluding hydrogens is 1080 g/mol. The fraction of sp³-hybridized carbons (Fsp3) is 0.188. The van der Waals surface area contributed by atoms with Gasteiger partial charge in [-0.15, -0.1) is 23.7 Å². The second kappa shape index (κ2) is 22.0. The molecule has 79 heavy (non-hydrogen) atoms. The van der Waals surface area contributed by atoms with E-state index >= 15 is 0 Å². The lowest BCUT2D eigenvalue weighted by atomic mass is 9.82. The van der Waals surface area contributed by atoms with Gasteiger partial charge in [-0.05, 0) is 117 Å². The van der Waals surface area contributed by atoms with Crippen LogP contribution >= 0.6 is 35.8 Å². The van der Waals surface area contributed by atoms with Gasteiger partial charge in [0.15, 0.2) is 16.4 Å². The number of imidazole rings is 2. The van der Waals surface area contributed by atoms with Crippen molar-refractivity contribution in [2.45, 2.75) is 55.6 Å². The van der Waals surface area contributed by atoms with Crippen molar-refractivity contribution in [3.8, 4) is 45.2 Å². The summed E-state index contributed by atoms with van der Waals surface area (Å²) in [5, 5.41) is 28.3. The Labute approximate surface area is 478 Å². The number of aryl methyl sites for hydroxylation is 3. The van der Waals surface area contributed by atoms with Crippen molar-refractivity contribution < 1.29 is 10.2 Å². The Hall–Kier alpha value is -7.44. The second-order valence-corrected chi connectivity index (χ2v) is 32.6. The maximum Gasteiger partial charge on any atom is 0.251 e. The third kappa shape index (κ3) is 11.5. The minimum Gasteiger partial charge on any atom is -0.374 e. The number of aliphatic hydroxyl groups is 2. The number of hydrogen-bond donors (Lipinski definition) is 3. The van der Waals surface area contributed by atoms with E-state index in [1.54, 1.807) is 99.6 Å². The molecule has 0 radical (unpaired) electrons. The van der Waals surface area contributed by atoms with Crippen LogP contribution in [0.15, 0.2) is 179 Å². The normalized spacial score (nSPS) is 13.1. The zero-order valence-corrected chi connectivity index (χ0v) is 50.1. The van der Waals surface area contributed by atoms with E-state index in [0.717, 1.165) is 55.2 Å². The van der Waals surface area contributed by atoms with E-state index in [1.165, 1.54) is 0 Å². The molecule has 0 saturated carbocycles. The molecule has 398 valence electrons. The molecule has 0 aliphatic heterocycles. The Balaban J connectivity index is 0.000000192. The molecule has 6 aromatic carbocycles. The minimum absolute atomic E-state index is 0.108. The van der Waals surface area contributed by atoms with Crippen LogP contribution in [0.3, 0.4) is 0 Å². The first-order chi connectivity index (χ1) is 37.3. The predicted molar refractivity (Wildman–Crippen MR) is 330 cm³/mol. The molecule has 10 aromatic rings. The van der Waals surface area contributed by atoms with Crippen molar-refractivity contribution in [3.05, 3.63) is 240 Å². The van der Waals surface area contributed by atoms with E-state index in [4.69, 9.17) is 23.2 Å². The molecule has 10 rings (SSSR count). The number of aromatic nitrogens is 6. The highest BCUT2D eigenvalue weighted by molar-refractivity contribution is 7.80. The van der Waals surface area contributed by atoms with Crippen LogP contribution in [0.2, 0.25) is 49.3 Å². The standard InChI is InChI=1S/C32H30ClN3O2SSi.C32H30ClN3O2Si/c1-35-28-14-11-24(32(38,23-9-12-25(33)13-10-23)29-20-34-31(39)36(29)2)18-27(28)26(19-30(35)37)22-8-6-7-21(17-22)15-16-40(3,4)5;1-35-21-34-20-30(35)32(38,24-9-12-26(33)13-10-24)25-11-14-29-28(18-25)27(19-31(37)36(29)2)23-8-6-7-22(17-23)15-16-39(3,4)5/h6-14,17-20,38H,1-5H3,(H,34,39);6-14,17-21,38H,1-5H3. The highest BCUT2D eigenvalue weighted by Gasteiger charge is 2.39. The topological polar surface area (TPSA) is 120 Å². The van der Waals surface area contributed by atoms with Crippen LogP contribution in [0.4, 0.5) is 0 Å². The Kier molecular flexibility index (Phi) is 15.7. The number of nitrogens with zero attached hydrogens (tertiary/aromatic N) is 6. The molecule has 0 aliphatic carbocycles. The number of benzene rings is 6. The van der Waals surface area contributed by atoms with Gasteiger partial charge in [-0.2, -0.15) is 0 Å². The molecule has 0 bridgehead atoms. The van der Waals surface area contributed by atoms with Gasteiger partial charge < -0.3 is 28.5 Å². The van der Waals surface area contributed by atoms with Crippen LogP contribution in [0, 0.1) is 22.9 Å². The molecule has 4 heterocycles. The van der Waals surface area contributed by atoms with Crippen LogP contribution in [0.5, 0.6) is 0 Å². The number of thiol groups is 1. The molecule has 0 spiro atoms. The SMILES string of the molecule is Cn1c(C(O)(c2ccc(Cl)cc2)c2ccc3c(c2)c(-c2cccc(C#C[Si](C)(C)C)c2)cc(=O)n3C)cnc1S.Cn1cncc1C(O)(c1ccc(Cl)cc1)c1ccc2c(c1)c(-c1cccc(C#C[Si](C)(C)C)c1)cc(=O)n2C. The first-order valence-electron chi connectivity index (χ1n) is 25.6. The fourth-order valence-electron chi connectivity index (χ4n) is 9.65. The van der Waals surface area contributed by atoms with Gasteiger partial charge in [0.1, 0.15) is 16.1 Å². The zero-order valence-electron chi connectivity index (χ0n) is 45.7. The van der Waals surface area contributed by atoms with Gasteiger partial charge >= 0.3 is 0 Å². The number of rotatable bonds is 8. The summed E-state index contributed by atoms with van der Waals surface area (Å²) in [7, 11) is 4.07. The van der Waals surface area contributed by atoms with Crippen LogP contribution in [-0.2, 0) is 39.4 Å². The molecule has 10 nitrogen and oxygen atoms in total. The van der Waals surface area contributed by atoms with Gasteiger partial charge in [0, 0.05) is 72.3 Å². The number of pyridine rings is 2. The highest BCUT2D eigenvalue weighted by atomic mass is 35.5. The number of hydrogen-bond acceptors (Lipinski definition) is 7. The molecule has 0 amide bonds. The summed E-state index contributed by atoms with van der Waals surface area (Å²) in [4.78, 5) is 34.6. The lowest BCUT2D eigenvalue weighted by Gasteiger charge is -2.30. The van der Waals surface area contributed by atoms with Crippen LogP contribution in [0.1, 0.15) is 44.8 Å². The number of halogens is 2. The summed E-state index contributed by atoms with van der Waals surface area (Å²) in [6.07, 6.45) is 4.96. The van der Waals surface area contributed by atoms with Crippen molar-refractivity contribution in [1.82, 2.24) is 28.2 Å². The minimum atomic E-state index is -1.57. The molecular formula is C64H60Cl2N6O4SSi2. The van der Waals surface area contributed by atoms with Gasteiger partial charge in [0.05, 0.1) is 41.1 Å². The molecule has 0 saturated heterocycles. The van der Waals surface area contributed by atoms with E-state index in [9.17, 15) is 19.8 Å². The molecule has 0 fully saturated rings. The van der Waals surface area contributed by atoms with Crippen molar-refractivity contribution >= 4 is 73.8 Å². The zero-order chi connectivity index (χ0) is 56.8. The predicted octanol–water partition coefficient (Wildman–Crippen LogP) is 12.5. The lowest BCUT2D eigenvalue weighted by molar-refractivity contribution is 0.117. The van der Waals surface area contributed by atoms with Gasteiger partial charge in [0.2, 0.25) is 0 Å². The monoisotopic (exact) mass is 1130 g/mol. The smallest absolute Gasteiger partial charge is 0.251 e. The van der Waals surface area contributed by atoms with Crippen molar-refractivity contribution in [3.63, 3.8) is 0 Å². The van der Waals surface area contributed by atoms with Crippen LogP contribution in [0.25, 0.3) is 44.1 Å². The van der Waals surface area contributed by atoms with Crippen molar-refractivity contribution in [1.29, 1.82) is 0 Å². The Morgan fingerprint density at radius 2 is 0.937 bits per heavy atom. The molecule has 2 N–H and O–H groups in total. The van der Waals surface area contributed by atoms with Crippen LogP contribution < -0.4 is 11.1 Å². The quantitative estimate of drug-likeness (QED) is 0.0792. The Bertz CT molecular complexity index is 4250. The fourth-order valence-corrected chi connectivity index (χ4v) is 11.1. The lowest BCUT2D eigenvalue weighted by Crippen LogP contribution is -2.31. The maximum absolute atomic E-state index is 13.0. The van der Waals surface area contributed by atoms with E-state index in [2.05, 4.69) is 84.8 Å². The first kappa shape index (κ1) is 56.3. The maximum atomic E-state index is 13.0. The largest absolute Gasteiger partial charge is 0.374 e. The summed E-state index contributed by atoms with van der Waals surface area (Å²) in [5.74, 6) is 6.64. The molecule has 4 aromatic heterocycles. The van der Waals surface area contributed by atoms with Gasteiger partial charge in [-0.25, -0.2) is 9.97 Å². The average molecular weight is 1140 g/mol. The average Bonchev–Trinajstić information content (AvgIpc) is 4.16. The van der Waals surface area contributed by atoms with Gasteiger partial charge in [-0.3, -0.25) is 9.59 Å². The molecule has 15 heteroatoms. The van der Waals surface area contributed by atoms with Crippen LogP contribution in [-0.4, -0.2) is 54.6 Å². The summed E-state index contributed by atoms with van der Waals surface area (Å²) in [6.45, 7) is 13.3. The van der Waals surface area contributed by atoms with Crippen molar-refractivity contribution in [2.24, 2.45) is 28.2 Å². The number of fused-ring (bicyclic) bond motifs is 2. The Morgan fingerprint density at radius 1 is 0.519 bits per heavy atom. The summed E-state index contributed by atoms with van der Waals surface area (Å²) in [6, 6.07) is 44.9. The van der Waals surface area contributed by atoms with E-state index in [-0.39, 0.29) is 11.1 Å². The van der Waals surface area contributed by atoms with Gasteiger partial charge in [-0.1, -0.05) is 135 Å². The highest BCUT2D eigenvalue weighted by Crippen LogP contribution is 2.42. The van der Waals surface area contributed by atoms with Gasteiger partial charge in [0.25, 0.3) is 11.1 Å². The first-order valence-corrected chi connectivity index (χ1v) is 33.8. The summed E-state index contributed by atoms with van der Waals surface area (Å²) in [5.41, 5.74) is 13.9. The third-order valence-electron chi connectivity index (χ3n) is 13.9. The van der Waals surface area contributed by atoms with Crippen molar-refractivity contribution in [2.75, 3.05) is 0 Å². The summed E-state index contributed by atoms with van der Waals surface area (Å²) < 4.78 is 6.81. The molecule has 2 unspecified atom stereocenters.